The quantitative estimate of drug-likeness (QED) is 0.336. The molecule has 0 saturated carbocycles. The van der Waals surface area contributed by atoms with Gasteiger partial charge in [-0.3, -0.25) is 14.7 Å². The van der Waals surface area contributed by atoms with E-state index in [1.807, 2.05) is 5.32 Å². The van der Waals surface area contributed by atoms with Crippen LogP contribution >= 0.6 is 0 Å². The number of methoxy groups -OCH3 is 1. The van der Waals surface area contributed by atoms with Crippen molar-refractivity contribution in [3.63, 3.8) is 0 Å². The number of amides is 2. The summed E-state index contributed by atoms with van der Waals surface area (Å²) in [6.07, 6.45) is -3.46. The number of hydrogen-bond donors (Lipinski definition) is 3. The molecule has 0 aliphatic carbocycles. The van der Waals surface area contributed by atoms with Crippen LogP contribution in [-0.2, 0) is 0 Å². The topological polar surface area (TPSA) is 118 Å². The highest BCUT2D eigenvalue weighted by molar-refractivity contribution is 6.05. The number of hydrogen-bond acceptors (Lipinski definition) is 6. The van der Waals surface area contributed by atoms with Crippen molar-refractivity contribution in [2.45, 2.75) is 19.3 Å². The Labute approximate surface area is 213 Å². The van der Waals surface area contributed by atoms with Gasteiger partial charge in [-0.05, 0) is 36.8 Å². The van der Waals surface area contributed by atoms with Gasteiger partial charge in [0, 0.05) is 33.8 Å². The first-order valence-electron chi connectivity index (χ1n) is 12.3. The second kappa shape index (κ2) is 10.2. The van der Waals surface area contributed by atoms with E-state index < -0.39 is 36.9 Å². The fourth-order valence-electron chi connectivity index (χ4n) is 3.77. The molecule has 0 fully saturated rings. The summed E-state index contributed by atoms with van der Waals surface area (Å²) in [4.78, 5) is 29.7. The van der Waals surface area contributed by atoms with E-state index >= 15 is 0 Å². The highest BCUT2D eigenvalue weighted by Crippen LogP contribution is 2.31. The number of halogens is 3. The first kappa shape index (κ1) is 21.7. The predicted molar refractivity (Wildman–Crippen MR) is 128 cm³/mol. The lowest BCUT2D eigenvalue weighted by atomic mass is 10.0. The highest BCUT2D eigenvalue weighted by Gasteiger charge is 2.33. The Hall–Kier alpha value is -4.61. The minimum atomic E-state index is -4.91. The molecular formula is C25H22F3N5O4. The van der Waals surface area contributed by atoms with E-state index in [-0.39, 0.29) is 22.7 Å². The summed E-state index contributed by atoms with van der Waals surface area (Å²) in [6, 6.07) is 10.9. The Morgan fingerprint density at radius 2 is 1.89 bits per heavy atom. The van der Waals surface area contributed by atoms with Crippen LogP contribution in [0.1, 0.15) is 43.5 Å². The highest BCUT2D eigenvalue weighted by atomic mass is 19.4. The number of nitrogens with one attached hydrogen (secondary N) is 3. The number of carbonyl (C=O) groups is 2. The fraction of sp³-hybridized carbons (Fsp3) is 0.200. The summed E-state index contributed by atoms with van der Waals surface area (Å²) < 4.78 is 69.4. The van der Waals surface area contributed by atoms with Crippen molar-refractivity contribution in [3.8, 4) is 22.8 Å². The molecule has 3 N–H and O–H groups in total. The molecule has 9 nitrogen and oxygen atoms in total. The minimum absolute atomic E-state index is 0.0143. The zero-order chi connectivity index (χ0) is 29.2. The lowest BCUT2D eigenvalue weighted by Gasteiger charge is -2.19. The van der Waals surface area contributed by atoms with Gasteiger partial charge in [-0.25, -0.2) is 4.98 Å². The number of H-pyrrole nitrogens is 1. The second-order valence-electron chi connectivity index (χ2n) is 7.85. The molecule has 1 unspecified atom stereocenters. The van der Waals surface area contributed by atoms with Crippen molar-refractivity contribution >= 4 is 22.7 Å². The molecule has 0 bridgehead atoms. The summed E-state index contributed by atoms with van der Waals surface area (Å²) >= 11 is 0. The van der Waals surface area contributed by atoms with Crippen LogP contribution in [0.3, 0.4) is 0 Å². The molecule has 0 saturated heterocycles. The maximum atomic E-state index is 13.2. The number of aromatic amines is 1. The lowest BCUT2D eigenvalue weighted by molar-refractivity contribution is -0.275. The largest absolute Gasteiger partial charge is 0.573 e. The molecule has 0 radical (unpaired) electrons. The van der Waals surface area contributed by atoms with Crippen molar-refractivity contribution in [2.24, 2.45) is 0 Å². The smallest absolute Gasteiger partial charge is 0.480 e. The van der Waals surface area contributed by atoms with Gasteiger partial charge < -0.3 is 20.1 Å². The molecule has 2 amide bonds. The third-order valence-electron chi connectivity index (χ3n) is 5.47. The van der Waals surface area contributed by atoms with Gasteiger partial charge in [-0.1, -0.05) is 24.3 Å². The molecule has 12 heteroatoms. The average Bonchev–Trinajstić information content (AvgIpc) is 3.30. The number of para-hydroxylation sites is 1. The Kier molecular flexibility index (Phi) is 5.95. The number of pyridine rings is 1. The fourth-order valence-corrected chi connectivity index (χ4v) is 3.77. The molecule has 2 aromatic heterocycles. The summed E-state index contributed by atoms with van der Waals surface area (Å²) in [7, 11) is 1.32. The van der Waals surface area contributed by atoms with E-state index in [9.17, 15) is 22.8 Å². The van der Waals surface area contributed by atoms with Gasteiger partial charge in [0.2, 0.25) is 5.88 Å². The zero-order valence-electron chi connectivity index (χ0n) is 22.4. The van der Waals surface area contributed by atoms with Gasteiger partial charge in [0.15, 0.2) is 5.69 Å². The van der Waals surface area contributed by atoms with Gasteiger partial charge >= 0.3 is 6.36 Å². The molecule has 0 aliphatic rings. The van der Waals surface area contributed by atoms with Crippen LogP contribution in [0.2, 0.25) is 0 Å². The van der Waals surface area contributed by atoms with Crippen molar-refractivity contribution in [1.82, 2.24) is 25.8 Å². The van der Waals surface area contributed by atoms with Crippen molar-refractivity contribution in [1.29, 1.82) is 0 Å². The van der Waals surface area contributed by atoms with Crippen LogP contribution in [0, 0.1) is 0 Å². The lowest BCUT2D eigenvalue weighted by Crippen LogP contribution is -2.28. The van der Waals surface area contributed by atoms with E-state index in [2.05, 4.69) is 25.2 Å². The Balaban J connectivity index is 1.61. The zero-order valence-corrected chi connectivity index (χ0v) is 19.4. The van der Waals surface area contributed by atoms with Crippen LogP contribution in [0.4, 0.5) is 13.2 Å². The van der Waals surface area contributed by atoms with Gasteiger partial charge in [-0.2, -0.15) is 5.10 Å². The van der Waals surface area contributed by atoms with Crippen LogP contribution in [0.15, 0.2) is 54.7 Å². The second-order valence-corrected chi connectivity index (χ2v) is 7.85. The molecule has 37 heavy (non-hydrogen) atoms. The van der Waals surface area contributed by atoms with Crippen molar-refractivity contribution < 1.29 is 36.3 Å². The number of alkyl halides is 3. The molecular weight excluding hydrogens is 491 g/mol. The molecule has 1 atom stereocenters. The normalized spacial score (nSPS) is 13.7. The number of aromatic nitrogens is 3. The maximum Gasteiger partial charge on any atom is 0.573 e. The summed E-state index contributed by atoms with van der Waals surface area (Å²) in [5, 5.41) is 11.5. The summed E-state index contributed by atoms with van der Waals surface area (Å²) in [6.45, 7) is -1.18. The minimum Gasteiger partial charge on any atom is -0.480 e. The van der Waals surface area contributed by atoms with Gasteiger partial charge in [0.25, 0.3) is 11.8 Å². The first-order chi connectivity index (χ1) is 18.8. The van der Waals surface area contributed by atoms with Crippen LogP contribution in [0.25, 0.3) is 22.0 Å². The number of ether oxygens (including phenoxy) is 2. The van der Waals surface area contributed by atoms with E-state index in [1.54, 1.807) is 18.2 Å². The van der Waals surface area contributed by atoms with Crippen molar-refractivity contribution in [3.05, 3.63) is 71.5 Å². The SMILES string of the molecule is [2H]C([2H])([2H])NC(=O)c1n[nH]c2cc(-c3cnc(OC)c(C(=O)NC(C)c4ccccc4OC(F)(F)F)c3)ccc12. The molecule has 0 aliphatic heterocycles. The Morgan fingerprint density at radius 1 is 1.11 bits per heavy atom. The predicted octanol–water partition coefficient (Wildman–Crippen LogP) is 4.38. The number of benzene rings is 2. The molecule has 0 spiro atoms. The maximum absolute atomic E-state index is 13.2. The van der Waals surface area contributed by atoms with Gasteiger partial charge in [-0.15, -0.1) is 13.2 Å². The Morgan fingerprint density at radius 3 is 2.62 bits per heavy atom. The van der Waals surface area contributed by atoms with E-state index in [0.29, 0.717) is 22.0 Å². The molecule has 4 rings (SSSR count). The third kappa shape index (κ3) is 5.47. The first-order valence-corrected chi connectivity index (χ1v) is 10.8. The third-order valence-corrected chi connectivity index (χ3v) is 5.47. The number of rotatable bonds is 7. The van der Waals surface area contributed by atoms with E-state index in [4.69, 9.17) is 8.85 Å². The van der Waals surface area contributed by atoms with Crippen LogP contribution < -0.4 is 20.1 Å². The molecule has 192 valence electrons. The number of fused-ring (bicyclic) bond motifs is 1. The summed E-state index contributed by atoms with van der Waals surface area (Å²) in [5.41, 5.74) is 1.49. The number of carbonyl (C=O) groups excluding carboxylic acids is 2. The number of nitrogens with zero attached hydrogens (tertiary/aromatic N) is 2. The van der Waals surface area contributed by atoms with E-state index in [1.165, 1.54) is 44.5 Å². The monoisotopic (exact) mass is 516 g/mol. The van der Waals surface area contributed by atoms with Gasteiger partial charge in [0.1, 0.15) is 11.3 Å². The average molecular weight is 516 g/mol. The Bertz CT molecular complexity index is 1570. The van der Waals surface area contributed by atoms with Gasteiger partial charge in [0.05, 0.1) is 18.7 Å². The standard InChI is InChI=1S/C25H22F3N5O4/c1-13(16-6-4-5-7-20(16)37-25(26,27)28)31-22(34)18-10-15(12-30-24(18)36-3)14-8-9-17-19(11-14)32-33-21(17)23(35)29-2/h4-13H,1-3H3,(H,29,35)(H,31,34)(H,32,33)/i2D3. The van der Waals surface area contributed by atoms with Crippen molar-refractivity contribution in [2.75, 3.05) is 14.1 Å². The summed E-state index contributed by atoms with van der Waals surface area (Å²) in [5.74, 6) is -1.99. The van der Waals surface area contributed by atoms with Crippen LogP contribution in [0.5, 0.6) is 11.6 Å². The molecule has 2 heterocycles. The molecule has 4 aromatic rings. The molecule has 2 aromatic carbocycles. The van der Waals surface area contributed by atoms with Crippen LogP contribution in [-0.4, -0.2) is 47.4 Å². The van der Waals surface area contributed by atoms with E-state index in [0.717, 1.165) is 6.07 Å².